The first kappa shape index (κ1) is 22.6. The number of hydrogen-bond acceptors (Lipinski definition) is 6. The van der Waals surface area contributed by atoms with Crippen LogP contribution < -0.4 is 15.1 Å². The average molecular weight is 477 g/mol. The van der Waals surface area contributed by atoms with Crippen molar-refractivity contribution in [2.45, 2.75) is 33.4 Å². The molecule has 0 unspecified atom stereocenters. The van der Waals surface area contributed by atoms with Gasteiger partial charge in [0.15, 0.2) is 0 Å². The molecule has 1 N–H and O–H groups in total. The second-order valence-electron chi connectivity index (χ2n) is 8.34. The van der Waals surface area contributed by atoms with Crippen LogP contribution in [0.3, 0.4) is 0 Å². The lowest BCUT2D eigenvalue weighted by Crippen LogP contribution is -2.24. The van der Waals surface area contributed by atoms with Gasteiger partial charge in [-0.25, -0.2) is 13.9 Å². The van der Waals surface area contributed by atoms with Gasteiger partial charge in [0.05, 0.1) is 43.0 Å². The Bertz CT molecular complexity index is 1290. The largest absolute Gasteiger partial charge is 0.419 e. The number of cyclic esters (lactones) is 1. The molecule has 3 aromatic rings. The fraction of sp³-hybridized carbons (Fsp3) is 0.240. The molecule has 1 fully saturated rings. The number of amides is 2. The van der Waals surface area contributed by atoms with Crippen molar-refractivity contribution in [3.63, 3.8) is 0 Å². The van der Waals surface area contributed by atoms with E-state index in [1.54, 1.807) is 23.0 Å². The Kier molecular flexibility index (Phi) is 6.19. The molecule has 2 aliphatic rings. The summed E-state index contributed by atoms with van der Waals surface area (Å²) < 4.78 is 27.9. The Hall–Kier alpha value is -4.18. The highest BCUT2D eigenvalue weighted by atomic mass is 19.1. The molecule has 0 aliphatic carbocycles. The third-order valence-corrected chi connectivity index (χ3v) is 5.83. The van der Waals surface area contributed by atoms with E-state index in [4.69, 9.17) is 9.47 Å². The molecule has 5 rings (SSSR count). The second-order valence-corrected chi connectivity index (χ2v) is 8.34. The molecule has 3 heterocycles. The van der Waals surface area contributed by atoms with Crippen molar-refractivity contribution in [1.29, 1.82) is 0 Å². The molecule has 0 spiro atoms. The molecule has 1 saturated heterocycles. The predicted molar refractivity (Wildman–Crippen MR) is 125 cm³/mol. The number of benzene rings is 2. The van der Waals surface area contributed by atoms with Crippen LogP contribution in [0.1, 0.15) is 23.7 Å². The maximum Gasteiger partial charge on any atom is 0.419 e. The highest BCUT2D eigenvalue weighted by Gasteiger charge is 2.30. The minimum absolute atomic E-state index is 0.103. The zero-order chi connectivity index (χ0) is 24.4. The summed E-state index contributed by atoms with van der Waals surface area (Å²) in [6.45, 7) is 3.27. The lowest BCUT2D eigenvalue weighted by atomic mass is 10.2. The molecule has 1 aromatic heterocycles. The second kappa shape index (κ2) is 9.59. The first-order valence-corrected chi connectivity index (χ1v) is 11.1. The van der Waals surface area contributed by atoms with Crippen LogP contribution in [0.15, 0.2) is 66.7 Å². The van der Waals surface area contributed by atoms with Crippen LogP contribution in [0, 0.1) is 5.82 Å². The van der Waals surface area contributed by atoms with Crippen LogP contribution in [0.5, 0.6) is 0 Å². The average Bonchev–Trinajstić information content (AvgIpc) is 3.53. The highest BCUT2D eigenvalue weighted by Crippen LogP contribution is 2.33. The number of anilines is 2. The van der Waals surface area contributed by atoms with Crippen molar-refractivity contribution in [3.05, 3.63) is 89.3 Å². The summed E-state index contributed by atoms with van der Waals surface area (Å²) in [5.41, 5.74) is 3.90. The fourth-order valence-corrected chi connectivity index (χ4v) is 4.11. The van der Waals surface area contributed by atoms with Crippen molar-refractivity contribution < 1.29 is 23.5 Å². The maximum atomic E-state index is 15.1. The summed E-state index contributed by atoms with van der Waals surface area (Å²) in [6, 6.07) is 14.6. The van der Waals surface area contributed by atoms with Gasteiger partial charge >= 0.3 is 6.09 Å². The zero-order valence-electron chi connectivity index (χ0n) is 19.1. The van der Waals surface area contributed by atoms with Crippen LogP contribution in [0.2, 0.25) is 0 Å². The minimum atomic E-state index is -0.627. The molecular weight excluding hydrogens is 453 g/mol. The number of carbonyl (C=O) groups is 2. The van der Waals surface area contributed by atoms with Crippen molar-refractivity contribution in [2.24, 2.45) is 0 Å². The molecule has 2 aromatic carbocycles. The van der Waals surface area contributed by atoms with Gasteiger partial charge in [-0.15, -0.1) is 0 Å². The number of aromatic nitrogens is 2. The molecule has 2 amide bonds. The quantitative estimate of drug-likeness (QED) is 0.559. The molecule has 2 aliphatic heterocycles. The Morgan fingerprint density at radius 2 is 2.03 bits per heavy atom. The summed E-state index contributed by atoms with van der Waals surface area (Å²) in [7, 11) is 0. The van der Waals surface area contributed by atoms with E-state index in [1.165, 1.54) is 24.1 Å². The molecule has 180 valence electrons. The van der Waals surface area contributed by atoms with E-state index in [9.17, 15) is 9.59 Å². The summed E-state index contributed by atoms with van der Waals surface area (Å²) >= 11 is 0. The standard InChI is InChI=1S/C25H24FN5O4/c1-17(32)27-11-21-13-30(25(33)35-21)20-7-8-23(22(26)9-20)29-12-19-10-28-31(24(19)14-29)16-34-15-18-5-3-2-4-6-18/h2-11H,12-16H2,1H3,(H,27,32)/b21-11-. The van der Waals surface area contributed by atoms with Crippen molar-refractivity contribution in [1.82, 2.24) is 15.1 Å². The van der Waals surface area contributed by atoms with Gasteiger partial charge in [0.25, 0.3) is 0 Å². The number of nitrogens with zero attached hydrogens (tertiary/aromatic N) is 4. The number of fused-ring (bicyclic) bond motifs is 1. The summed E-state index contributed by atoms with van der Waals surface area (Å²) in [5.74, 6) is -0.442. The third-order valence-electron chi connectivity index (χ3n) is 5.83. The molecule has 35 heavy (non-hydrogen) atoms. The first-order chi connectivity index (χ1) is 17.0. The monoisotopic (exact) mass is 477 g/mol. The number of nitrogens with one attached hydrogen (secondary N) is 1. The van der Waals surface area contributed by atoms with Crippen LogP contribution in [0.25, 0.3) is 0 Å². The molecule has 0 atom stereocenters. The van der Waals surface area contributed by atoms with Crippen molar-refractivity contribution >= 4 is 23.4 Å². The molecular formula is C25H24FN5O4. The van der Waals surface area contributed by atoms with Crippen LogP contribution >= 0.6 is 0 Å². The van der Waals surface area contributed by atoms with Gasteiger partial charge in [-0.05, 0) is 23.8 Å². The number of hydrogen-bond donors (Lipinski definition) is 1. The van der Waals surface area contributed by atoms with E-state index in [1.807, 2.05) is 35.2 Å². The van der Waals surface area contributed by atoms with Gasteiger partial charge in [-0.3, -0.25) is 9.69 Å². The fourth-order valence-electron chi connectivity index (χ4n) is 4.11. The smallest absolute Gasteiger partial charge is 0.411 e. The Labute approximate surface area is 201 Å². The van der Waals surface area contributed by atoms with Gasteiger partial charge in [0, 0.05) is 25.2 Å². The van der Waals surface area contributed by atoms with E-state index in [0.717, 1.165) is 16.8 Å². The number of ether oxygens (including phenoxy) is 2. The maximum absolute atomic E-state index is 15.1. The topological polar surface area (TPSA) is 88.9 Å². The SMILES string of the molecule is CC(=O)N/C=C1/CN(c2ccc(N3Cc4cnn(COCc5ccccc5)c4C3)c(F)c2)C(=O)O1. The van der Waals surface area contributed by atoms with Gasteiger partial charge < -0.3 is 19.7 Å². The first-order valence-electron chi connectivity index (χ1n) is 11.1. The normalized spacial score (nSPS) is 16.1. The highest BCUT2D eigenvalue weighted by molar-refractivity contribution is 5.91. The summed E-state index contributed by atoms with van der Waals surface area (Å²) in [6.07, 6.45) is 2.49. The Balaban J connectivity index is 1.23. The number of rotatable bonds is 7. The van der Waals surface area contributed by atoms with Crippen molar-refractivity contribution in [3.8, 4) is 0 Å². The lowest BCUT2D eigenvalue weighted by Gasteiger charge is -2.21. The molecule has 0 bridgehead atoms. The molecule has 9 nitrogen and oxygen atoms in total. The van der Waals surface area contributed by atoms with Crippen LogP contribution in [-0.2, 0) is 40.7 Å². The molecule has 0 saturated carbocycles. The number of halogens is 1. The van der Waals surface area contributed by atoms with E-state index in [2.05, 4.69) is 10.4 Å². The summed E-state index contributed by atoms with van der Waals surface area (Å²) in [5, 5.41) is 6.88. The van der Waals surface area contributed by atoms with Crippen LogP contribution in [-0.4, -0.2) is 28.3 Å². The van der Waals surface area contributed by atoms with Gasteiger partial charge in [0.2, 0.25) is 5.91 Å². The molecule has 0 radical (unpaired) electrons. The Morgan fingerprint density at radius 1 is 1.20 bits per heavy atom. The van der Waals surface area contributed by atoms with E-state index >= 15 is 4.39 Å². The lowest BCUT2D eigenvalue weighted by molar-refractivity contribution is -0.118. The van der Waals surface area contributed by atoms with E-state index in [0.29, 0.717) is 37.8 Å². The van der Waals surface area contributed by atoms with Gasteiger partial charge in [-0.1, -0.05) is 30.3 Å². The van der Waals surface area contributed by atoms with Gasteiger partial charge in [-0.2, -0.15) is 5.10 Å². The van der Waals surface area contributed by atoms with E-state index in [-0.39, 0.29) is 18.2 Å². The van der Waals surface area contributed by atoms with Gasteiger partial charge in [0.1, 0.15) is 18.3 Å². The number of carbonyl (C=O) groups excluding carboxylic acids is 2. The van der Waals surface area contributed by atoms with E-state index < -0.39 is 11.9 Å². The third kappa shape index (κ3) is 4.87. The zero-order valence-corrected chi connectivity index (χ0v) is 19.1. The molecule has 10 heteroatoms. The van der Waals surface area contributed by atoms with Crippen LogP contribution in [0.4, 0.5) is 20.6 Å². The Morgan fingerprint density at radius 3 is 2.80 bits per heavy atom. The minimum Gasteiger partial charge on any atom is -0.411 e. The predicted octanol–water partition coefficient (Wildman–Crippen LogP) is 3.65. The summed E-state index contributed by atoms with van der Waals surface area (Å²) in [4.78, 5) is 26.5. The van der Waals surface area contributed by atoms with Crippen molar-refractivity contribution in [2.75, 3.05) is 16.3 Å².